The van der Waals surface area contributed by atoms with Crippen molar-refractivity contribution in [3.05, 3.63) is 65.7 Å². The number of nitrogens with zero attached hydrogens (tertiary/aromatic N) is 2. The van der Waals surface area contributed by atoms with Crippen LogP contribution in [0.5, 0.6) is 0 Å². The lowest BCUT2D eigenvalue weighted by atomic mass is 9.89. The Balaban J connectivity index is 1.07. The largest absolute Gasteiger partial charge is 0.445 e. The first-order valence-corrected chi connectivity index (χ1v) is 12.3. The zero-order chi connectivity index (χ0) is 22.5. The van der Waals surface area contributed by atoms with Crippen molar-refractivity contribution in [1.82, 2.24) is 4.90 Å². The van der Waals surface area contributed by atoms with Gasteiger partial charge in [-0.3, -0.25) is 0 Å². The maximum atomic E-state index is 12.4. The fraction of sp³-hybridized carbons (Fsp3) is 0.519. The number of likely N-dealkylation sites (tertiary alicyclic amines) is 1. The van der Waals surface area contributed by atoms with E-state index in [2.05, 4.69) is 29.2 Å². The molecule has 3 heterocycles. The molecule has 3 aliphatic heterocycles. The van der Waals surface area contributed by atoms with Crippen LogP contribution in [0.3, 0.4) is 0 Å². The second kappa shape index (κ2) is 10.6. The van der Waals surface area contributed by atoms with Crippen LogP contribution in [0.15, 0.2) is 54.6 Å². The summed E-state index contributed by atoms with van der Waals surface area (Å²) in [4.78, 5) is 16.7. The number of anilines is 1. The van der Waals surface area contributed by atoms with Gasteiger partial charge in [-0.25, -0.2) is 4.79 Å². The summed E-state index contributed by atoms with van der Waals surface area (Å²) in [6.07, 6.45) is 4.00. The Morgan fingerprint density at radius 1 is 0.848 bits per heavy atom. The normalized spacial score (nSPS) is 20.8. The van der Waals surface area contributed by atoms with Crippen molar-refractivity contribution >= 4 is 11.8 Å². The van der Waals surface area contributed by atoms with Gasteiger partial charge in [0, 0.05) is 37.8 Å². The highest BCUT2D eigenvalue weighted by molar-refractivity contribution is 5.67. The van der Waals surface area contributed by atoms with Crippen molar-refractivity contribution in [3.63, 3.8) is 0 Å². The van der Waals surface area contributed by atoms with Crippen molar-refractivity contribution in [2.24, 2.45) is 5.92 Å². The Morgan fingerprint density at radius 3 is 2.18 bits per heavy atom. The summed E-state index contributed by atoms with van der Waals surface area (Å²) in [6.45, 7) is 5.41. The molecule has 2 aromatic rings. The summed E-state index contributed by atoms with van der Waals surface area (Å²) in [5.74, 6) is 1.02. The highest BCUT2D eigenvalue weighted by Gasteiger charge is 2.30. The molecule has 0 bridgehead atoms. The lowest BCUT2D eigenvalue weighted by molar-refractivity contribution is -0.0889. The van der Waals surface area contributed by atoms with Gasteiger partial charge in [0.1, 0.15) is 6.61 Å². The van der Waals surface area contributed by atoms with E-state index in [4.69, 9.17) is 14.2 Å². The molecule has 176 valence electrons. The third kappa shape index (κ3) is 5.50. The summed E-state index contributed by atoms with van der Waals surface area (Å²) in [5, 5.41) is 0. The first-order valence-electron chi connectivity index (χ1n) is 12.3. The number of benzene rings is 2. The SMILES string of the molecule is O=C(OCc1ccccc1)N1CCC(c2ccc(N3CCC(C4OCCO4)CC3)cc2)CC1. The second-order valence-corrected chi connectivity index (χ2v) is 9.33. The molecule has 0 saturated carbocycles. The molecule has 0 unspecified atom stereocenters. The molecule has 1 amide bonds. The third-order valence-corrected chi connectivity index (χ3v) is 7.26. The number of amides is 1. The van der Waals surface area contributed by atoms with Gasteiger partial charge in [0.25, 0.3) is 0 Å². The van der Waals surface area contributed by atoms with Crippen LogP contribution in [0.1, 0.15) is 42.7 Å². The number of hydrogen-bond donors (Lipinski definition) is 0. The Labute approximate surface area is 196 Å². The lowest BCUT2D eigenvalue weighted by Gasteiger charge is -2.35. The monoisotopic (exact) mass is 450 g/mol. The van der Waals surface area contributed by atoms with Gasteiger partial charge >= 0.3 is 6.09 Å². The van der Waals surface area contributed by atoms with Gasteiger partial charge in [-0.05, 0) is 54.9 Å². The molecule has 0 radical (unpaired) electrons. The fourth-order valence-corrected chi connectivity index (χ4v) is 5.24. The molecule has 0 aliphatic carbocycles. The summed E-state index contributed by atoms with van der Waals surface area (Å²) in [5.41, 5.74) is 3.69. The highest BCUT2D eigenvalue weighted by Crippen LogP contribution is 2.32. The molecule has 2 aromatic carbocycles. The molecule has 0 aromatic heterocycles. The Kier molecular flexibility index (Phi) is 7.12. The number of carbonyl (C=O) groups is 1. The number of piperidine rings is 2. The molecule has 3 saturated heterocycles. The van der Waals surface area contributed by atoms with E-state index >= 15 is 0 Å². The van der Waals surface area contributed by atoms with Crippen LogP contribution in [0.4, 0.5) is 10.5 Å². The molecule has 0 atom stereocenters. The van der Waals surface area contributed by atoms with E-state index in [1.807, 2.05) is 35.2 Å². The minimum absolute atomic E-state index is 0.0102. The summed E-state index contributed by atoms with van der Waals surface area (Å²) < 4.78 is 16.9. The van der Waals surface area contributed by atoms with Crippen molar-refractivity contribution in [2.45, 2.75) is 44.5 Å². The van der Waals surface area contributed by atoms with E-state index in [0.29, 0.717) is 18.4 Å². The maximum absolute atomic E-state index is 12.4. The number of hydrogen-bond acceptors (Lipinski definition) is 5. The Hall–Kier alpha value is -2.57. The van der Waals surface area contributed by atoms with Crippen LogP contribution in [-0.4, -0.2) is 56.7 Å². The lowest BCUT2D eigenvalue weighted by Crippen LogP contribution is -2.38. The second-order valence-electron chi connectivity index (χ2n) is 9.33. The molecule has 0 spiro atoms. The Morgan fingerprint density at radius 2 is 1.52 bits per heavy atom. The van der Waals surface area contributed by atoms with Crippen molar-refractivity contribution in [1.29, 1.82) is 0 Å². The van der Waals surface area contributed by atoms with Crippen molar-refractivity contribution in [3.8, 4) is 0 Å². The fourth-order valence-electron chi connectivity index (χ4n) is 5.24. The summed E-state index contributed by atoms with van der Waals surface area (Å²) >= 11 is 0. The minimum Gasteiger partial charge on any atom is -0.445 e. The molecule has 0 N–H and O–H groups in total. The zero-order valence-electron chi connectivity index (χ0n) is 19.2. The van der Waals surface area contributed by atoms with E-state index in [1.165, 1.54) is 11.3 Å². The van der Waals surface area contributed by atoms with Gasteiger partial charge in [-0.15, -0.1) is 0 Å². The third-order valence-electron chi connectivity index (χ3n) is 7.26. The number of ether oxygens (including phenoxy) is 3. The molecule has 3 aliphatic rings. The quantitative estimate of drug-likeness (QED) is 0.655. The predicted octanol–water partition coefficient (Wildman–Crippen LogP) is 4.79. The molecule has 6 heteroatoms. The molecular formula is C27H34N2O4. The molecule has 5 rings (SSSR count). The minimum atomic E-state index is -0.204. The topological polar surface area (TPSA) is 51.2 Å². The van der Waals surface area contributed by atoms with Gasteiger partial charge in [0.15, 0.2) is 6.29 Å². The smallest absolute Gasteiger partial charge is 0.410 e. The van der Waals surface area contributed by atoms with Crippen LogP contribution < -0.4 is 4.90 Å². The average Bonchev–Trinajstić information content (AvgIpc) is 3.43. The first kappa shape index (κ1) is 22.2. The van der Waals surface area contributed by atoms with E-state index in [1.54, 1.807) is 0 Å². The molecule has 3 fully saturated rings. The van der Waals surface area contributed by atoms with Crippen LogP contribution in [0, 0.1) is 5.92 Å². The van der Waals surface area contributed by atoms with Gasteiger partial charge in [0.2, 0.25) is 0 Å². The van der Waals surface area contributed by atoms with Crippen molar-refractivity contribution < 1.29 is 19.0 Å². The highest BCUT2D eigenvalue weighted by atomic mass is 16.7. The van der Waals surface area contributed by atoms with Crippen molar-refractivity contribution in [2.75, 3.05) is 44.3 Å². The number of carbonyl (C=O) groups excluding carboxylic acids is 1. The number of rotatable bonds is 5. The van der Waals surface area contributed by atoms with Gasteiger partial charge in [0.05, 0.1) is 13.2 Å². The zero-order valence-corrected chi connectivity index (χ0v) is 19.2. The first-order chi connectivity index (χ1) is 16.3. The van der Waals surface area contributed by atoms with Crippen LogP contribution in [0.25, 0.3) is 0 Å². The molecular weight excluding hydrogens is 416 g/mol. The maximum Gasteiger partial charge on any atom is 0.410 e. The van der Waals surface area contributed by atoms with E-state index in [0.717, 1.165) is 70.6 Å². The average molecular weight is 451 g/mol. The Bertz CT molecular complexity index is 882. The molecule has 33 heavy (non-hydrogen) atoms. The van der Waals surface area contributed by atoms with E-state index in [-0.39, 0.29) is 12.4 Å². The van der Waals surface area contributed by atoms with Crippen LogP contribution in [0.2, 0.25) is 0 Å². The van der Waals surface area contributed by atoms with Gasteiger partial charge in [-0.2, -0.15) is 0 Å². The van der Waals surface area contributed by atoms with Crippen LogP contribution in [-0.2, 0) is 20.8 Å². The van der Waals surface area contributed by atoms with Crippen LogP contribution >= 0.6 is 0 Å². The van der Waals surface area contributed by atoms with Gasteiger partial charge in [-0.1, -0.05) is 42.5 Å². The van der Waals surface area contributed by atoms with Gasteiger partial charge < -0.3 is 24.0 Å². The van der Waals surface area contributed by atoms with E-state index in [9.17, 15) is 4.79 Å². The van der Waals surface area contributed by atoms with E-state index < -0.39 is 0 Å². The molecule has 6 nitrogen and oxygen atoms in total. The predicted molar refractivity (Wildman–Crippen MR) is 127 cm³/mol. The summed E-state index contributed by atoms with van der Waals surface area (Å²) in [6, 6.07) is 18.9. The standard InChI is InChI=1S/C27H34N2O4/c30-27(33-20-21-4-2-1-3-5-21)29-16-10-23(11-17-29)22-6-8-25(9-7-22)28-14-12-24(13-15-28)26-31-18-19-32-26/h1-9,23-24,26H,10-20H2. The summed E-state index contributed by atoms with van der Waals surface area (Å²) in [7, 11) is 0.